The first-order valence-corrected chi connectivity index (χ1v) is 6.42. The van der Waals surface area contributed by atoms with Gasteiger partial charge in [-0.15, -0.1) is 0 Å². The number of rotatable bonds is 4. The predicted octanol–water partition coefficient (Wildman–Crippen LogP) is 3.74. The fraction of sp³-hybridized carbons (Fsp3) is 0.600. The Bertz CT molecular complexity index is 418. The molecule has 0 bridgehead atoms. The van der Waals surface area contributed by atoms with E-state index in [1.54, 1.807) is 0 Å². The van der Waals surface area contributed by atoms with E-state index in [9.17, 15) is 8.78 Å². The minimum absolute atomic E-state index is 0.133. The summed E-state index contributed by atoms with van der Waals surface area (Å²) in [7, 11) is 0. The van der Waals surface area contributed by atoms with Crippen LogP contribution in [0.25, 0.3) is 0 Å². The lowest BCUT2D eigenvalue weighted by molar-refractivity contribution is 0.457. The summed E-state index contributed by atoms with van der Waals surface area (Å²) < 4.78 is 26.8. The molecule has 0 amide bonds. The maximum absolute atomic E-state index is 13.4. The molecule has 2 rings (SSSR count). The third-order valence-electron chi connectivity index (χ3n) is 5.03. The van der Waals surface area contributed by atoms with Crippen molar-refractivity contribution in [3.63, 3.8) is 0 Å². The van der Waals surface area contributed by atoms with Gasteiger partial charge in [-0.1, -0.05) is 33.8 Å². The zero-order valence-electron chi connectivity index (χ0n) is 11.5. The topological polar surface area (TPSA) is 12.0 Å². The summed E-state index contributed by atoms with van der Waals surface area (Å²) in [5, 5.41) is 3.18. The van der Waals surface area contributed by atoms with Crippen LogP contribution in [0.1, 0.15) is 33.3 Å². The summed E-state index contributed by atoms with van der Waals surface area (Å²) in [5.41, 5.74) is 0.732. The SMILES string of the molecule is CC1(C)C(CNCc2c(F)cccc2F)C1(C)C. The van der Waals surface area contributed by atoms with Gasteiger partial charge in [-0.2, -0.15) is 0 Å². The Morgan fingerprint density at radius 2 is 1.56 bits per heavy atom. The van der Waals surface area contributed by atoms with Crippen LogP contribution >= 0.6 is 0 Å². The monoisotopic (exact) mass is 253 g/mol. The smallest absolute Gasteiger partial charge is 0.130 e. The van der Waals surface area contributed by atoms with Gasteiger partial charge in [-0.3, -0.25) is 0 Å². The average Bonchev–Trinajstić information content (AvgIpc) is 2.64. The number of hydrogen-bond acceptors (Lipinski definition) is 1. The molecule has 1 fully saturated rings. The average molecular weight is 253 g/mol. The second-order valence-corrected chi connectivity index (χ2v) is 6.33. The molecular weight excluding hydrogens is 232 g/mol. The summed E-state index contributed by atoms with van der Waals surface area (Å²) in [6, 6.07) is 3.98. The highest BCUT2D eigenvalue weighted by molar-refractivity contribution is 5.20. The molecule has 1 aromatic carbocycles. The minimum Gasteiger partial charge on any atom is -0.312 e. The molecule has 1 nitrogen and oxygen atoms in total. The van der Waals surface area contributed by atoms with Crippen LogP contribution in [0.5, 0.6) is 0 Å². The lowest BCUT2D eigenvalue weighted by Crippen LogP contribution is -2.20. The van der Waals surface area contributed by atoms with Gasteiger partial charge in [-0.25, -0.2) is 8.78 Å². The van der Waals surface area contributed by atoms with Gasteiger partial charge in [0, 0.05) is 12.1 Å². The zero-order chi connectivity index (χ0) is 13.6. The lowest BCUT2D eigenvalue weighted by atomic mass is 10.0. The van der Waals surface area contributed by atoms with Crippen LogP contribution in [0.4, 0.5) is 8.78 Å². The first kappa shape index (κ1) is 13.5. The molecule has 0 heterocycles. The van der Waals surface area contributed by atoms with Gasteiger partial charge in [0.25, 0.3) is 0 Å². The highest BCUT2D eigenvalue weighted by atomic mass is 19.1. The molecule has 1 aliphatic carbocycles. The van der Waals surface area contributed by atoms with E-state index in [2.05, 4.69) is 33.0 Å². The van der Waals surface area contributed by atoms with Crippen LogP contribution in [0.3, 0.4) is 0 Å². The number of halogens is 2. The Labute approximate surface area is 108 Å². The summed E-state index contributed by atoms with van der Waals surface area (Å²) in [4.78, 5) is 0. The molecule has 0 aliphatic heterocycles. The van der Waals surface area contributed by atoms with Crippen molar-refractivity contribution in [1.29, 1.82) is 0 Å². The van der Waals surface area contributed by atoms with E-state index in [1.165, 1.54) is 18.2 Å². The Morgan fingerprint density at radius 3 is 2.00 bits per heavy atom. The zero-order valence-corrected chi connectivity index (χ0v) is 11.5. The Hall–Kier alpha value is -0.960. The lowest BCUT2D eigenvalue weighted by Gasteiger charge is -2.08. The second-order valence-electron chi connectivity index (χ2n) is 6.33. The molecule has 0 aromatic heterocycles. The molecule has 3 heteroatoms. The Morgan fingerprint density at radius 1 is 1.06 bits per heavy atom. The molecule has 1 N–H and O–H groups in total. The maximum Gasteiger partial charge on any atom is 0.130 e. The largest absolute Gasteiger partial charge is 0.312 e. The highest BCUT2D eigenvalue weighted by Crippen LogP contribution is 2.67. The van der Waals surface area contributed by atoms with Crippen molar-refractivity contribution in [2.45, 2.75) is 34.2 Å². The Kier molecular flexibility index (Phi) is 3.22. The molecule has 1 aliphatic rings. The normalized spacial score (nSPS) is 21.0. The summed E-state index contributed by atoms with van der Waals surface area (Å²) in [6.45, 7) is 10.0. The van der Waals surface area contributed by atoms with Crippen molar-refractivity contribution in [3.05, 3.63) is 35.4 Å². The third-order valence-corrected chi connectivity index (χ3v) is 5.03. The van der Waals surface area contributed by atoms with E-state index < -0.39 is 11.6 Å². The number of hydrogen-bond donors (Lipinski definition) is 1. The fourth-order valence-corrected chi connectivity index (χ4v) is 2.89. The fourth-order valence-electron chi connectivity index (χ4n) is 2.89. The summed E-state index contributed by atoms with van der Waals surface area (Å²) in [6.07, 6.45) is 0. The van der Waals surface area contributed by atoms with Gasteiger partial charge >= 0.3 is 0 Å². The van der Waals surface area contributed by atoms with Crippen molar-refractivity contribution in [1.82, 2.24) is 5.32 Å². The van der Waals surface area contributed by atoms with Crippen LogP contribution in [-0.4, -0.2) is 6.54 Å². The first-order chi connectivity index (χ1) is 8.28. The van der Waals surface area contributed by atoms with Gasteiger partial charge < -0.3 is 5.32 Å². The van der Waals surface area contributed by atoms with Crippen molar-refractivity contribution < 1.29 is 8.78 Å². The molecular formula is C15H21F2N. The van der Waals surface area contributed by atoms with Gasteiger partial charge in [0.2, 0.25) is 0 Å². The van der Waals surface area contributed by atoms with Crippen molar-refractivity contribution in [2.75, 3.05) is 6.54 Å². The van der Waals surface area contributed by atoms with Crippen molar-refractivity contribution >= 4 is 0 Å². The van der Waals surface area contributed by atoms with E-state index in [-0.39, 0.29) is 12.1 Å². The van der Waals surface area contributed by atoms with Gasteiger partial charge in [0.15, 0.2) is 0 Å². The van der Waals surface area contributed by atoms with E-state index in [1.807, 2.05) is 0 Å². The van der Waals surface area contributed by atoms with Crippen LogP contribution in [-0.2, 0) is 6.54 Å². The minimum atomic E-state index is -0.475. The summed E-state index contributed by atoms with van der Waals surface area (Å²) in [5.74, 6) is -0.395. The highest BCUT2D eigenvalue weighted by Gasteiger charge is 2.63. The molecule has 1 saturated carbocycles. The number of benzene rings is 1. The van der Waals surface area contributed by atoms with Gasteiger partial charge in [0.05, 0.1) is 0 Å². The third kappa shape index (κ3) is 2.05. The molecule has 0 spiro atoms. The predicted molar refractivity (Wildman–Crippen MR) is 69.1 cm³/mol. The van der Waals surface area contributed by atoms with Crippen LogP contribution < -0.4 is 5.32 Å². The molecule has 18 heavy (non-hydrogen) atoms. The van der Waals surface area contributed by atoms with Crippen molar-refractivity contribution in [3.8, 4) is 0 Å². The standard InChI is InChI=1S/C15H21F2N/c1-14(2)13(15(14,3)4)9-18-8-10-11(16)6-5-7-12(10)17/h5-7,13,18H,8-9H2,1-4H3. The first-order valence-electron chi connectivity index (χ1n) is 6.42. The van der Waals surface area contributed by atoms with Crippen LogP contribution in [0, 0.1) is 28.4 Å². The quantitative estimate of drug-likeness (QED) is 0.862. The molecule has 0 saturated heterocycles. The number of nitrogens with one attached hydrogen (secondary N) is 1. The maximum atomic E-state index is 13.4. The van der Waals surface area contributed by atoms with Crippen molar-refractivity contribution in [2.24, 2.45) is 16.7 Å². The van der Waals surface area contributed by atoms with Gasteiger partial charge in [-0.05, 0) is 35.4 Å². The van der Waals surface area contributed by atoms with Crippen LogP contribution in [0.2, 0.25) is 0 Å². The van der Waals surface area contributed by atoms with Gasteiger partial charge in [0.1, 0.15) is 11.6 Å². The molecule has 1 aromatic rings. The molecule has 0 atom stereocenters. The van der Waals surface area contributed by atoms with E-state index in [4.69, 9.17) is 0 Å². The Balaban J connectivity index is 1.91. The summed E-state index contributed by atoms with van der Waals surface area (Å²) >= 11 is 0. The van der Waals surface area contributed by atoms with E-state index in [0.29, 0.717) is 16.7 Å². The molecule has 0 radical (unpaired) electrons. The van der Waals surface area contributed by atoms with E-state index in [0.717, 1.165) is 6.54 Å². The molecule has 0 unspecified atom stereocenters. The van der Waals surface area contributed by atoms with E-state index >= 15 is 0 Å². The second kappa shape index (κ2) is 4.30. The molecule has 100 valence electrons. The van der Waals surface area contributed by atoms with Crippen LogP contribution in [0.15, 0.2) is 18.2 Å².